The summed E-state index contributed by atoms with van der Waals surface area (Å²) in [4.78, 5) is 8.69. The minimum absolute atomic E-state index is 0.110. The molecular weight excluding hydrogens is 296 g/mol. The van der Waals surface area contributed by atoms with E-state index in [4.69, 9.17) is 11.5 Å². The lowest BCUT2D eigenvalue weighted by molar-refractivity contribution is 1.05. The van der Waals surface area contributed by atoms with Crippen LogP contribution in [0.2, 0.25) is 0 Å². The van der Waals surface area contributed by atoms with E-state index in [2.05, 4.69) is 52.4 Å². The molecule has 0 spiro atoms. The molecule has 0 fully saturated rings. The van der Waals surface area contributed by atoms with Crippen molar-refractivity contribution in [2.75, 3.05) is 0 Å². The van der Waals surface area contributed by atoms with E-state index in [1.54, 1.807) is 0 Å². The Kier molecular flexibility index (Phi) is 3.50. The normalized spacial score (nSPS) is 11.7. The van der Waals surface area contributed by atoms with Crippen LogP contribution in [0.3, 0.4) is 0 Å². The third-order valence-corrected chi connectivity index (χ3v) is 4.36. The Morgan fingerprint density at radius 1 is 1.00 bits per heavy atom. The number of nitrogens with two attached hydrogens (primary N) is 2. The van der Waals surface area contributed by atoms with Gasteiger partial charge in [0.05, 0.1) is 12.2 Å². The molecule has 4 rings (SSSR count). The Hall–Kier alpha value is -3.14. The zero-order valence-electron chi connectivity index (χ0n) is 13.2. The van der Waals surface area contributed by atoms with E-state index in [0.717, 1.165) is 23.2 Å². The van der Waals surface area contributed by atoms with E-state index in [9.17, 15) is 0 Å². The Morgan fingerprint density at radius 3 is 2.75 bits per heavy atom. The molecule has 4 nitrogen and oxygen atoms in total. The van der Waals surface area contributed by atoms with Crippen LogP contribution in [0.4, 0.5) is 0 Å². The molecule has 0 aliphatic heterocycles. The number of benzene rings is 2. The average molecular weight is 314 g/mol. The van der Waals surface area contributed by atoms with Gasteiger partial charge in [-0.1, -0.05) is 42.5 Å². The highest BCUT2D eigenvalue weighted by atomic mass is 15.0. The van der Waals surface area contributed by atoms with Gasteiger partial charge in [-0.3, -0.25) is 4.98 Å². The highest BCUT2D eigenvalue weighted by molar-refractivity contribution is 5.89. The molecule has 3 aromatic rings. The molecule has 0 atom stereocenters. The molecule has 0 amide bonds. The number of aliphatic imine (C=N–C) groups is 1. The third kappa shape index (κ3) is 2.52. The maximum atomic E-state index is 5.44. The van der Waals surface area contributed by atoms with Crippen molar-refractivity contribution in [2.24, 2.45) is 16.5 Å². The number of guanidine groups is 1. The van der Waals surface area contributed by atoms with Gasteiger partial charge in [-0.25, -0.2) is 4.99 Å². The Bertz CT molecular complexity index is 940. The highest BCUT2D eigenvalue weighted by Gasteiger charge is 2.22. The molecule has 4 N–H and O–H groups in total. The van der Waals surface area contributed by atoms with E-state index in [-0.39, 0.29) is 5.96 Å². The highest BCUT2D eigenvalue weighted by Crippen LogP contribution is 2.41. The maximum Gasteiger partial charge on any atom is 0.186 e. The van der Waals surface area contributed by atoms with Crippen molar-refractivity contribution >= 4 is 5.96 Å². The lowest BCUT2D eigenvalue weighted by atomic mass is 9.95. The van der Waals surface area contributed by atoms with E-state index in [1.807, 2.05) is 18.3 Å². The molecule has 118 valence electrons. The Balaban J connectivity index is 1.82. The molecule has 1 heterocycles. The van der Waals surface area contributed by atoms with Crippen molar-refractivity contribution in [1.29, 1.82) is 0 Å². The smallest absolute Gasteiger partial charge is 0.186 e. The summed E-state index contributed by atoms with van der Waals surface area (Å²) in [5, 5.41) is 0. The molecule has 2 aromatic carbocycles. The second kappa shape index (κ2) is 5.81. The summed E-state index contributed by atoms with van der Waals surface area (Å²) >= 11 is 0. The largest absolute Gasteiger partial charge is 0.370 e. The summed E-state index contributed by atoms with van der Waals surface area (Å²) in [5.41, 5.74) is 19.3. The van der Waals surface area contributed by atoms with Gasteiger partial charge in [-0.05, 0) is 39.9 Å². The average Bonchev–Trinajstić information content (AvgIpc) is 2.99. The van der Waals surface area contributed by atoms with Crippen molar-refractivity contribution in [3.8, 4) is 22.3 Å². The second-order valence-corrected chi connectivity index (χ2v) is 5.96. The van der Waals surface area contributed by atoms with Crippen molar-refractivity contribution in [3.63, 3.8) is 0 Å². The van der Waals surface area contributed by atoms with Gasteiger partial charge in [0.1, 0.15) is 0 Å². The van der Waals surface area contributed by atoms with Crippen molar-refractivity contribution in [1.82, 2.24) is 4.98 Å². The molecule has 0 bridgehead atoms. The molecule has 24 heavy (non-hydrogen) atoms. The van der Waals surface area contributed by atoms with Gasteiger partial charge in [0.25, 0.3) is 0 Å². The summed E-state index contributed by atoms with van der Waals surface area (Å²) in [6, 6.07) is 18.9. The monoisotopic (exact) mass is 314 g/mol. The molecule has 1 aliphatic rings. The second-order valence-electron chi connectivity index (χ2n) is 5.96. The molecule has 0 unspecified atom stereocenters. The van der Waals surface area contributed by atoms with Crippen LogP contribution in [0.25, 0.3) is 22.3 Å². The number of aromatic nitrogens is 1. The number of hydrogen-bond acceptors (Lipinski definition) is 2. The van der Waals surface area contributed by atoms with Crippen LogP contribution >= 0.6 is 0 Å². The van der Waals surface area contributed by atoms with Crippen molar-refractivity contribution in [3.05, 3.63) is 77.6 Å². The summed E-state index contributed by atoms with van der Waals surface area (Å²) < 4.78 is 0. The summed E-state index contributed by atoms with van der Waals surface area (Å²) in [6.45, 7) is 0.486. The van der Waals surface area contributed by atoms with E-state index < -0.39 is 0 Å². The minimum Gasteiger partial charge on any atom is -0.370 e. The van der Waals surface area contributed by atoms with Crippen LogP contribution in [-0.4, -0.2) is 10.9 Å². The molecule has 4 heteroatoms. The number of rotatable bonds is 3. The first-order chi connectivity index (χ1) is 11.7. The van der Waals surface area contributed by atoms with Gasteiger partial charge in [-0.15, -0.1) is 0 Å². The van der Waals surface area contributed by atoms with Crippen LogP contribution in [0, 0.1) is 0 Å². The zero-order valence-corrected chi connectivity index (χ0v) is 13.2. The molecule has 0 saturated heterocycles. The van der Waals surface area contributed by atoms with E-state index in [1.165, 1.54) is 22.3 Å². The van der Waals surface area contributed by atoms with Gasteiger partial charge in [0.15, 0.2) is 5.96 Å². The Labute approximate surface area is 140 Å². The lowest BCUT2D eigenvalue weighted by Crippen LogP contribution is -2.22. The quantitative estimate of drug-likeness (QED) is 0.450. The summed E-state index contributed by atoms with van der Waals surface area (Å²) in [5.74, 6) is 0.110. The molecule has 0 saturated carbocycles. The van der Waals surface area contributed by atoms with Crippen molar-refractivity contribution in [2.45, 2.75) is 13.0 Å². The van der Waals surface area contributed by atoms with Crippen LogP contribution in [0.1, 0.15) is 16.8 Å². The predicted octanol–water partition coefficient (Wildman–Crippen LogP) is 3.09. The molecular formula is C20H18N4. The van der Waals surface area contributed by atoms with Crippen LogP contribution < -0.4 is 11.5 Å². The van der Waals surface area contributed by atoms with E-state index >= 15 is 0 Å². The van der Waals surface area contributed by atoms with E-state index in [0.29, 0.717) is 6.54 Å². The molecule has 0 radical (unpaired) electrons. The fraction of sp³-hybridized carbons (Fsp3) is 0.100. The SMILES string of the molecule is NC(N)=NCc1cccc(-c2ccnc3c2-c2ccccc2C3)c1. The lowest BCUT2D eigenvalue weighted by Gasteiger charge is -2.10. The van der Waals surface area contributed by atoms with Gasteiger partial charge >= 0.3 is 0 Å². The molecule has 1 aliphatic carbocycles. The first-order valence-corrected chi connectivity index (χ1v) is 7.93. The van der Waals surface area contributed by atoms with Gasteiger partial charge in [0.2, 0.25) is 0 Å². The Morgan fingerprint density at radius 2 is 1.88 bits per heavy atom. The zero-order chi connectivity index (χ0) is 16.5. The number of nitrogens with zero attached hydrogens (tertiary/aromatic N) is 2. The predicted molar refractivity (Wildman–Crippen MR) is 97.4 cm³/mol. The van der Waals surface area contributed by atoms with Gasteiger partial charge in [-0.2, -0.15) is 0 Å². The van der Waals surface area contributed by atoms with Gasteiger partial charge < -0.3 is 11.5 Å². The number of fused-ring (bicyclic) bond motifs is 3. The third-order valence-electron chi connectivity index (χ3n) is 4.36. The fourth-order valence-electron chi connectivity index (χ4n) is 3.30. The number of pyridine rings is 1. The maximum absolute atomic E-state index is 5.44. The number of hydrogen-bond donors (Lipinski definition) is 2. The first kappa shape index (κ1) is 14.5. The molecule has 1 aromatic heterocycles. The standard InChI is InChI=1S/C20H18N4/c21-20(22)24-12-13-4-3-6-14(10-13)17-8-9-23-18-11-15-5-1-2-7-16(15)19(17)18/h1-10H,11-12H2,(H4,21,22,24). The van der Waals surface area contributed by atoms with Crippen LogP contribution in [0.15, 0.2) is 65.8 Å². The summed E-state index contributed by atoms with van der Waals surface area (Å²) in [7, 11) is 0. The first-order valence-electron chi connectivity index (χ1n) is 7.93. The fourth-order valence-corrected chi connectivity index (χ4v) is 3.30. The summed E-state index contributed by atoms with van der Waals surface area (Å²) in [6.07, 6.45) is 2.79. The minimum atomic E-state index is 0.110. The van der Waals surface area contributed by atoms with Crippen molar-refractivity contribution < 1.29 is 0 Å². The van der Waals surface area contributed by atoms with Crippen LogP contribution in [-0.2, 0) is 13.0 Å². The van der Waals surface area contributed by atoms with Gasteiger partial charge in [0, 0.05) is 18.2 Å². The topological polar surface area (TPSA) is 77.3 Å². The van der Waals surface area contributed by atoms with Crippen LogP contribution in [0.5, 0.6) is 0 Å².